The van der Waals surface area contributed by atoms with Crippen LogP contribution in [0.1, 0.15) is 0 Å². The second-order valence-corrected chi connectivity index (χ2v) is 5.41. The molecule has 0 saturated carbocycles. The number of carboxylic acids is 1. The summed E-state index contributed by atoms with van der Waals surface area (Å²) in [6, 6.07) is 16.5. The SMILES string of the molecule is O=C(O)CNC(=O)Cn1nc(-c2cccc3ccccc23)ccc1=O. The van der Waals surface area contributed by atoms with E-state index >= 15 is 0 Å². The molecule has 2 N–H and O–H groups in total. The summed E-state index contributed by atoms with van der Waals surface area (Å²) in [6.45, 7) is -0.846. The van der Waals surface area contributed by atoms with Gasteiger partial charge in [-0.1, -0.05) is 42.5 Å². The third-order valence-corrected chi connectivity index (χ3v) is 3.66. The van der Waals surface area contributed by atoms with Gasteiger partial charge in [-0.3, -0.25) is 14.4 Å². The third-order valence-electron chi connectivity index (χ3n) is 3.66. The molecule has 0 fully saturated rings. The molecule has 1 heterocycles. The number of carboxylic acid groups (broad SMARTS) is 1. The van der Waals surface area contributed by atoms with Crippen LogP contribution in [0.15, 0.2) is 59.4 Å². The molecule has 0 atom stereocenters. The van der Waals surface area contributed by atoms with Gasteiger partial charge in [0.2, 0.25) is 5.91 Å². The molecule has 0 aliphatic rings. The molecule has 0 aliphatic heterocycles. The summed E-state index contributed by atoms with van der Waals surface area (Å²) < 4.78 is 1.02. The van der Waals surface area contributed by atoms with Crippen molar-refractivity contribution in [2.45, 2.75) is 6.54 Å². The van der Waals surface area contributed by atoms with Crippen LogP contribution in [0, 0.1) is 0 Å². The highest BCUT2D eigenvalue weighted by atomic mass is 16.4. The fourth-order valence-electron chi connectivity index (χ4n) is 2.52. The van der Waals surface area contributed by atoms with Crippen molar-refractivity contribution in [3.8, 4) is 11.3 Å². The molecule has 3 rings (SSSR count). The van der Waals surface area contributed by atoms with Gasteiger partial charge < -0.3 is 10.4 Å². The molecule has 7 heteroatoms. The summed E-state index contributed by atoms with van der Waals surface area (Å²) in [4.78, 5) is 34.2. The Morgan fingerprint density at radius 3 is 2.60 bits per heavy atom. The van der Waals surface area contributed by atoms with Gasteiger partial charge in [0.05, 0.1) is 5.69 Å². The normalized spacial score (nSPS) is 10.6. The van der Waals surface area contributed by atoms with Crippen molar-refractivity contribution in [1.82, 2.24) is 15.1 Å². The number of aromatic nitrogens is 2. The largest absolute Gasteiger partial charge is 0.480 e. The topological polar surface area (TPSA) is 101 Å². The standard InChI is InChI=1S/C18H15N3O4/c22-16(19-10-18(24)25)11-21-17(23)9-8-15(20-21)14-7-3-5-12-4-1-2-6-13(12)14/h1-9H,10-11H2,(H,19,22)(H,24,25). The average Bonchev–Trinajstić information content (AvgIpc) is 2.61. The van der Waals surface area contributed by atoms with Crippen molar-refractivity contribution in [2.75, 3.05) is 6.54 Å². The Morgan fingerprint density at radius 1 is 1.04 bits per heavy atom. The summed E-state index contributed by atoms with van der Waals surface area (Å²) in [5.74, 6) is -1.75. The molecule has 0 unspecified atom stereocenters. The number of hydrogen-bond donors (Lipinski definition) is 2. The number of carbonyl (C=O) groups excluding carboxylic acids is 1. The van der Waals surface area contributed by atoms with E-state index in [9.17, 15) is 14.4 Å². The van der Waals surface area contributed by atoms with Gasteiger partial charge >= 0.3 is 5.97 Å². The molecule has 1 aromatic heterocycles. The van der Waals surface area contributed by atoms with Crippen LogP contribution in [0.4, 0.5) is 0 Å². The van der Waals surface area contributed by atoms with Gasteiger partial charge in [0.15, 0.2) is 0 Å². The summed E-state index contributed by atoms with van der Waals surface area (Å²) in [7, 11) is 0. The van der Waals surface area contributed by atoms with Gasteiger partial charge in [0, 0.05) is 11.6 Å². The van der Waals surface area contributed by atoms with E-state index in [1.807, 2.05) is 42.5 Å². The zero-order chi connectivity index (χ0) is 17.8. The molecule has 0 spiro atoms. The van der Waals surface area contributed by atoms with Crippen LogP contribution in [0.2, 0.25) is 0 Å². The van der Waals surface area contributed by atoms with E-state index in [0.717, 1.165) is 21.0 Å². The number of amides is 1. The van der Waals surface area contributed by atoms with E-state index in [0.29, 0.717) is 5.69 Å². The van der Waals surface area contributed by atoms with Gasteiger partial charge in [-0.15, -0.1) is 0 Å². The van der Waals surface area contributed by atoms with Crippen molar-refractivity contribution in [2.24, 2.45) is 0 Å². The molecule has 2 aromatic carbocycles. The number of benzene rings is 2. The summed E-state index contributed by atoms with van der Waals surface area (Å²) in [5, 5.41) is 17.1. The van der Waals surface area contributed by atoms with Gasteiger partial charge in [-0.2, -0.15) is 5.10 Å². The number of hydrogen-bond acceptors (Lipinski definition) is 4. The lowest BCUT2D eigenvalue weighted by atomic mass is 10.0. The van der Waals surface area contributed by atoms with Crippen LogP contribution in [-0.2, 0) is 16.1 Å². The van der Waals surface area contributed by atoms with Crippen molar-refractivity contribution in [3.05, 3.63) is 65.0 Å². The first-order valence-corrected chi connectivity index (χ1v) is 7.59. The minimum atomic E-state index is -1.15. The number of aliphatic carboxylic acids is 1. The van der Waals surface area contributed by atoms with Crippen molar-refractivity contribution in [1.29, 1.82) is 0 Å². The minimum absolute atomic E-state index is 0.343. The van der Waals surface area contributed by atoms with Crippen LogP contribution in [0.5, 0.6) is 0 Å². The maximum atomic E-state index is 11.9. The van der Waals surface area contributed by atoms with Crippen molar-refractivity contribution in [3.63, 3.8) is 0 Å². The van der Waals surface area contributed by atoms with Gasteiger partial charge in [0.25, 0.3) is 5.56 Å². The first-order chi connectivity index (χ1) is 12.0. The Balaban J connectivity index is 1.95. The molecule has 7 nitrogen and oxygen atoms in total. The highest BCUT2D eigenvalue weighted by Gasteiger charge is 2.10. The van der Waals surface area contributed by atoms with E-state index in [4.69, 9.17) is 5.11 Å². The highest BCUT2D eigenvalue weighted by Crippen LogP contribution is 2.26. The molecule has 3 aromatic rings. The molecular formula is C18H15N3O4. The molecule has 25 heavy (non-hydrogen) atoms. The lowest BCUT2D eigenvalue weighted by Gasteiger charge is -2.09. The highest BCUT2D eigenvalue weighted by molar-refractivity contribution is 5.95. The quantitative estimate of drug-likeness (QED) is 0.730. The zero-order valence-electron chi connectivity index (χ0n) is 13.2. The number of rotatable bonds is 5. The Hall–Kier alpha value is -3.48. The summed E-state index contributed by atoms with van der Waals surface area (Å²) >= 11 is 0. The minimum Gasteiger partial charge on any atom is -0.480 e. The molecule has 1 amide bonds. The second kappa shape index (κ2) is 6.96. The summed E-state index contributed by atoms with van der Waals surface area (Å²) in [6.07, 6.45) is 0. The summed E-state index contributed by atoms with van der Waals surface area (Å²) in [5.41, 5.74) is 0.967. The van der Waals surface area contributed by atoms with Gasteiger partial charge in [-0.05, 0) is 16.8 Å². The smallest absolute Gasteiger partial charge is 0.322 e. The second-order valence-electron chi connectivity index (χ2n) is 5.41. The number of carbonyl (C=O) groups is 2. The molecule has 0 radical (unpaired) electrons. The molecule has 0 saturated heterocycles. The number of nitrogens with zero attached hydrogens (tertiary/aromatic N) is 2. The van der Waals surface area contributed by atoms with Crippen LogP contribution in [-0.4, -0.2) is 33.3 Å². The van der Waals surface area contributed by atoms with Crippen LogP contribution >= 0.6 is 0 Å². The third kappa shape index (κ3) is 3.72. The van der Waals surface area contributed by atoms with Crippen LogP contribution in [0.3, 0.4) is 0 Å². The predicted octanol–water partition coefficient (Wildman–Crippen LogP) is 1.26. The first kappa shape index (κ1) is 16.4. The van der Waals surface area contributed by atoms with Gasteiger partial charge in [-0.25, -0.2) is 4.68 Å². The number of fused-ring (bicyclic) bond motifs is 1. The van der Waals surface area contributed by atoms with E-state index in [1.165, 1.54) is 6.07 Å². The fraction of sp³-hybridized carbons (Fsp3) is 0.111. The monoisotopic (exact) mass is 337 g/mol. The maximum absolute atomic E-state index is 11.9. The van der Waals surface area contributed by atoms with Crippen LogP contribution in [0.25, 0.3) is 22.0 Å². The molecule has 126 valence electrons. The van der Waals surface area contributed by atoms with E-state index < -0.39 is 24.0 Å². The van der Waals surface area contributed by atoms with Crippen LogP contribution < -0.4 is 10.9 Å². The van der Waals surface area contributed by atoms with E-state index in [-0.39, 0.29) is 6.54 Å². The molecule has 0 aliphatic carbocycles. The first-order valence-electron chi connectivity index (χ1n) is 7.59. The Kier molecular flexibility index (Phi) is 4.56. The Bertz CT molecular complexity index is 1010. The fourth-order valence-corrected chi connectivity index (χ4v) is 2.52. The zero-order valence-corrected chi connectivity index (χ0v) is 13.2. The maximum Gasteiger partial charge on any atom is 0.322 e. The Morgan fingerprint density at radius 2 is 1.80 bits per heavy atom. The lowest BCUT2D eigenvalue weighted by Crippen LogP contribution is -2.36. The van der Waals surface area contributed by atoms with E-state index in [2.05, 4.69) is 10.4 Å². The predicted molar refractivity (Wildman–Crippen MR) is 92.1 cm³/mol. The lowest BCUT2D eigenvalue weighted by molar-refractivity contribution is -0.138. The average molecular weight is 337 g/mol. The molecule has 0 bridgehead atoms. The number of nitrogens with one attached hydrogen (secondary N) is 1. The Labute approximate surface area is 142 Å². The van der Waals surface area contributed by atoms with Crippen molar-refractivity contribution < 1.29 is 14.7 Å². The molecular weight excluding hydrogens is 322 g/mol. The van der Waals surface area contributed by atoms with E-state index in [1.54, 1.807) is 6.07 Å². The van der Waals surface area contributed by atoms with Crippen molar-refractivity contribution >= 4 is 22.6 Å². The van der Waals surface area contributed by atoms with Gasteiger partial charge in [0.1, 0.15) is 13.1 Å².